The summed E-state index contributed by atoms with van der Waals surface area (Å²) in [6.07, 6.45) is 0. The number of nitrogens with one attached hydrogen (secondary N) is 2. The predicted molar refractivity (Wildman–Crippen MR) is 92.6 cm³/mol. The first-order valence-electron chi connectivity index (χ1n) is 7.78. The number of esters is 1. The summed E-state index contributed by atoms with van der Waals surface area (Å²) in [5.74, 6) is -0.645. The largest absolute Gasteiger partial charge is 0.493 e. The monoisotopic (exact) mass is 368 g/mol. The fourth-order valence-electron chi connectivity index (χ4n) is 2.13. The van der Waals surface area contributed by atoms with Crippen LogP contribution in [0.15, 0.2) is 12.1 Å². The summed E-state index contributed by atoms with van der Waals surface area (Å²) in [4.78, 5) is 35.9. The van der Waals surface area contributed by atoms with Crippen molar-refractivity contribution >= 4 is 17.8 Å². The van der Waals surface area contributed by atoms with Crippen molar-refractivity contribution in [3.8, 4) is 17.2 Å². The van der Waals surface area contributed by atoms with E-state index in [9.17, 15) is 14.4 Å². The van der Waals surface area contributed by atoms with Crippen molar-refractivity contribution < 1.29 is 33.3 Å². The minimum absolute atomic E-state index is 0.222. The Morgan fingerprint density at radius 2 is 1.38 bits per heavy atom. The van der Waals surface area contributed by atoms with Crippen LogP contribution in [-0.2, 0) is 14.3 Å². The molecule has 0 saturated carbocycles. The van der Waals surface area contributed by atoms with Crippen LogP contribution in [0.3, 0.4) is 0 Å². The molecule has 0 fully saturated rings. The Bertz CT molecular complexity index is 650. The SMILES string of the molecule is COC(=O)C(C)NC(=O)C(C)NC(=O)c1cc(OC)c(OC)c(OC)c1. The van der Waals surface area contributed by atoms with E-state index in [1.165, 1.54) is 54.4 Å². The lowest BCUT2D eigenvalue weighted by Gasteiger charge is -2.18. The molecule has 0 aliphatic carbocycles. The lowest BCUT2D eigenvalue weighted by atomic mass is 10.1. The minimum Gasteiger partial charge on any atom is -0.493 e. The minimum atomic E-state index is -0.881. The quantitative estimate of drug-likeness (QED) is 0.643. The van der Waals surface area contributed by atoms with Gasteiger partial charge in [0.25, 0.3) is 5.91 Å². The number of benzene rings is 1. The zero-order chi connectivity index (χ0) is 19.9. The highest BCUT2D eigenvalue weighted by Crippen LogP contribution is 2.38. The number of rotatable bonds is 8. The van der Waals surface area contributed by atoms with Crippen molar-refractivity contribution in [3.63, 3.8) is 0 Å². The number of ether oxygens (including phenoxy) is 4. The lowest BCUT2D eigenvalue weighted by molar-refractivity contribution is -0.144. The average Bonchev–Trinajstić information content (AvgIpc) is 2.65. The van der Waals surface area contributed by atoms with Crippen LogP contribution in [-0.4, -0.2) is 58.3 Å². The fourth-order valence-corrected chi connectivity index (χ4v) is 2.13. The van der Waals surface area contributed by atoms with Crippen LogP contribution in [0, 0.1) is 0 Å². The summed E-state index contributed by atoms with van der Waals surface area (Å²) < 4.78 is 20.1. The first-order chi connectivity index (χ1) is 12.3. The highest BCUT2D eigenvalue weighted by molar-refractivity contribution is 5.99. The Labute approximate surface area is 151 Å². The van der Waals surface area contributed by atoms with Gasteiger partial charge >= 0.3 is 5.97 Å². The molecule has 0 spiro atoms. The summed E-state index contributed by atoms with van der Waals surface area (Å²) in [6, 6.07) is 1.23. The maximum absolute atomic E-state index is 12.4. The molecule has 9 heteroatoms. The van der Waals surface area contributed by atoms with Gasteiger partial charge in [-0.05, 0) is 26.0 Å². The van der Waals surface area contributed by atoms with Gasteiger partial charge in [-0.15, -0.1) is 0 Å². The van der Waals surface area contributed by atoms with E-state index in [0.29, 0.717) is 17.2 Å². The summed E-state index contributed by atoms with van der Waals surface area (Å²) in [5.41, 5.74) is 0.222. The second kappa shape index (κ2) is 9.50. The molecule has 0 aromatic heterocycles. The van der Waals surface area contributed by atoms with Gasteiger partial charge in [0.1, 0.15) is 12.1 Å². The summed E-state index contributed by atoms with van der Waals surface area (Å²) in [7, 11) is 5.54. The molecule has 1 rings (SSSR count). The molecule has 26 heavy (non-hydrogen) atoms. The third kappa shape index (κ3) is 5.01. The van der Waals surface area contributed by atoms with Crippen LogP contribution in [0.4, 0.5) is 0 Å². The standard InChI is InChI=1S/C17H24N2O7/c1-9(15(20)19-10(2)17(22)26-6)18-16(21)11-7-12(23-3)14(25-5)13(8-11)24-4/h7-10H,1-6H3,(H,18,21)(H,19,20). The molecule has 0 aliphatic heterocycles. The number of carbonyl (C=O) groups excluding carboxylic acids is 3. The van der Waals surface area contributed by atoms with Crippen molar-refractivity contribution in [2.45, 2.75) is 25.9 Å². The number of methoxy groups -OCH3 is 4. The molecular weight excluding hydrogens is 344 g/mol. The van der Waals surface area contributed by atoms with E-state index in [4.69, 9.17) is 14.2 Å². The van der Waals surface area contributed by atoms with Gasteiger partial charge in [-0.3, -0.25) is 9.59 Å². The van der Waals surface area contributed by atoms with E-state index in [-0.39, 0.29) is 5.56 Å². The van der Waals surface area contributed by atoms with E-state index >= 15 is 0 Å². The second-order valence-corrected chi connectivity index (χ2v) is 5.36. The number of hydrogen-bond acceptors (Lipinski definition) is 7. The molecule has 0 saturated heterocycles. The molecular formula is C17H24N2O7. The molecule has 0 radical (unpaired) electrons. The summed E-state index contributed by atoms with van der Waals surface area (Å²) in [5, 5.41) is 5.00. The lowest BCUT2D eigenvalue weighted by Crippen LogP contribution is -2.49. The molecule has 0 heterocycles. The maximum Gasteiger partial charge on any atom is 0.328 e. The van der Waals surface area contributed by atoms with Crippen molar-refractivity contribution in [2.75, 3.05) is 28.4 Å². The van der Waals surface area contributed by atoms with Gasteiger partial charge in [-0.25, -0.2) is 4.79 Å². The maximum atomic E-state index is 12.4. The predicted octanol–water partition coefficient (Wildman–Crippen LogP) is 0.508. The van der Waals surface area contributed by atoms with Crippen molar-refractivity contribution in [1.29, 1.82) is 0 Å². The fraction of sp³-hybridized carbons (Fsp3) is 0.471. The molecule has 2 unspecified atom stereocenters. The first kappa shape index (κ1) is 21.1. The van der Waals surface area contributed by atoms with Gasteiger partial charge < -0.3 is 29.6 Å². The van der Waals surface area contributed by atoms with E-state index in [0.717, 1.165) is 0 Å². The van der Waals surface area contributed by atoms with Crippen molar-refractivity contribution in [1.82, 2.24) is 10.6 Å². The Hall–Kier alpha value is -2.97. The van der Waals surface area contributed by atoms with Crippen LogP contribution in [0.25, 0.3) is 0 Å². The Balaban J connectivity index is 2.90. The summed E-state index contributed by atoms with van der Waals surface area (Å²) >= 11 is 0. The molecule has 1 aromatic rings. The average molecular weight is 368 g/mol. The van der Waals surface area contributed by atoms with Crippen LogP contribution in [0.2, 0.25) is 0 Å². The van der Waals surface area contributed by atoms with Gasteiger partial charge in [0.2, 0.25) is 11.7 Å². The Morgan fingerprint density at radius 3 is 1.81 bits per heavy atom. The van der Waals surface area contributed by atoms with E-state index < -0.39 is 29.9 Å². The van der Waals surface area contributed by atoms with Gasteiger partial charge in [-0.1, -0.05) is 0 Å². The van der Waals surface area contributed by atoms with E-state index in [2.05, 4.69) is 15.4 Å². The molecule has 2 N–H and O–H groups in total. The highest BCUT2D eigenvalue weighted by atomic mass is 16.5. The highest BCUT2D eigenvalue weighted by Gasteiger charge is 2.23. The molecule has 2 atom stereocenters. The second-order valence-electron chi connectivity index (χ2n) is 5.36. The number of carbonyl (C=O) groups is 3. The van der Waals surface area contributed by atoms with Crippen molar-refractivity contribution in [3.05, 3.63) is 17.7 Å². The number of hydrogen-bond donors (Lipinski definition) is 2. The first-order valence-corrected chi connectivity index (χ1v) is 7.78. The molecule has 1 aromatic carbocycles. The van der Waals surface area contributed by atoms with Gasteiger partial charge in [-0.2, -0.15) is 0 Å². The Morgan fingerprint density at radius 1 is 0.846 bits per heavy atom. The third-order valence-corrected chi connectivity index (χ3v) is 3.58. The topological polar surface area (TPSA) is 112 Å². The smallest absolute Gasteiger partial charge is 0.328 e. The van der Waals surface area contributed by atoms with E-state index in [1.54, 1.807) is 0 Å². The zero-order valence-electron chi connectivity index (χ0n) is 15.7. The van der Waals surface area contributed by atoms with Crippen LogP contribution < -0.4 is 24.8 Å². The summed E-state index contributed by atoms with van der Waals surface area (Å²) in [6.45, 7) is 2.98. The zero-order valence-corrected chi connectivity index (χ0v) is 15.7. The third-order valence-electron chi connectivity index (χ3n) is 3.58. The number of amides is 2. The van der Waals surface area contributed by atoms with E-state index in [1.807, 2.05) is 0 Å². The molecule has 2 amide bonds. The molecule has 0 aliphatic rings. The van der Waals surface area contributed by atoms with Crippen LogP contribution >= 0.6 is 0 Å². The Kier molecular flexibility index (Phi) is 7.70. The van der Waals surface area contributed by atoms with Crippen LogP contribution in [0.5, 0.6) is 17.2 Å². The van der Waals surface area contributed by atoms with Crippen molar-refractivity contribution in [2.24, 2.45) is 0 Å². The van der Waals surface area contributed by atoms with Crippen LogP contribution in [0.1, 0.15) is 24.2 Å². The normalized spacial score (nSPS) is 12.4. The van der Waals surface area contributed by atoms with Gasteiger partial charge in [0, 0.05) is 5.56 Å². The molecule has 144 valence electrons. The molecule has 9 nitrogen and oxygen atoms in total. The van der Waals surface area contributed by atoms with Gasteiger partial charge in [0.15, 0.2) is 11.5 Å². The molecule has 0 bridgehead atoms. The van der Waals surface area contributed by atoms with Gasteiger partial charge in [0.05, 0.1) is 28.4 Å².